The number of aryl methyl sites for hydroxylation is 1. The number of hydrogen-bond acceptors (Lipinski definition) is 4. The van der Waals surface area contributed by atoms with E-state index in [0.717, 1.165) is 17.9 Å². The maximum atomic E-state index is 12.5. The number of nitrogens with one attached hydrogen (secondary N) is 2. The molecule has 0 radical (unpaired) electrons. The molecule has 0 saturated carbocycles. The third-order valence-corrected chi connectivity index (χ3v) is 8.07. The van der Waals surface area contributed by atoms with E-state index in [2.05, 4.69) is 64.3 Å². The quantitative estimate of drug-likeness (QED) is 0.186. The average Bonchev–Trinajstić information content (AvgIpc) is 3.52. The second-order valence-electron chi connectivity index (χ2n) is 10.6. The molecule has 1 aliphatic rings. The van der Waals surface area contributed by atoms with Crippen LogP contribution in [0.5, 0.6) is 5.75 Å². The molecule has 2 atom stereocenters. The van der Waals surface area contributed by atoms with Crippen LogP contribution < -0.4 is 20.3 Å². The molecule has 0 bridgehead atoms. The largest absolute Gasteiger partial charge is 0.484 e. The first-order valence-electron chi connectivity index (χ1n) is 14.3. The molecule has 3 aromatic carbocycles. The third-order valence-electron chi connectivity index (χ3n) is 7.76. The van der Waals surface area contributed by atoms with Crippen LogP contribution in [-0.2, 0) is 11.3 Å². The van der Waals surface area contributed by atoms with Crippen LogP contribution in [0.2, 0.25) is 0 Å². The number of thiocarbonyl (C=S) groups is 1. The standard InChI is InChI=1S/C35H33N5O2S/c1-24-21-30(25(2)39(24)22-26-11-5-3-6-12-26)34-33(31-15-9-10-20-36-31)38-35(43)40(34)28-18-16-27(17-19-28)37-32(41)23-42-29-13-7-4-8-14-29/h3-21,33-34H,22-23H2,1-2H3,(H,37,41)(H,38,43)/t33-,34+/m0/s1. The van der Waals surface area contributed by atoms with E-state index >= 15 is 0 Å². The minimum absolute atomic E-state index is 0.0711. The number of pyridine rings is 1. The van der Waals surface area contributed by atoms with E-state index in [9.17, 15) is 4.79 Å². The van der Waals surface area contributed by atoms with Gasteiger partial charge >= 0.3 is 0 Å². The monoisotopic (exact) mass is 587 g/mol. The molecule has 0 aliphatic carbocycles. The van der Waals surface area contributed by atoms with Crippen molar-refractivity contribution in [2.24, 2.45) is 0 Å². The van der Waals surface area contributed by atoms with Gasteiger partial charge in [0.2, 0.25) is 0 Å². The van der Waals surface area contributed by atoms with E-state index in [-0.39, 0.29) is 24.6 Å². The summed E-state index contributed by atoms with van der Waals surface area (Å²) in [5, 5.41) is 7.10. The number of hydrogen-bond donors (Lipinski definition) is 2. The first-order valence-corrected chi connectivity index (χ1v) is 14.7. The Bertz CT molecular complexity index is 1710. The Morgan fingerprint density at radius 3 is 2.33 bits per heavy atom. The van der Waals surface area contributed by atoms with E-state index in [1.165, 1.54) is 22.5 Å². The van der Waals surface area contributed by atoms with Gasteiger partial charge in [0, 0.05) is 35.5 Å². The van der Waals surface area contributed by atoms with E-state index < -0.39 is 0 Å². The zero-order valence-corrected chi connectivity index (χ0v) is 24.9. The number of ether oxygens (including phenoxy) is 1. The Balaban J connectivity index is 1.28. The van der Waals surface area contributed by atoms with Crippen LogP contribution in [0.3, 0.4) is 0 Å². The number of amides is 1. The Morgan fingerprint density at radius 2 is 1.63 bits per heavy atom. The molecule has 1 aliphatic heterocycles. The van der Waals surface area contributed by atoms with E-state index in [1.54, 1.807) is 0 Å². The molecule has 1 saturated heterocycles. The van der Waals surface area contributed by atoms with Crippen molar-refractivity contribution in [3.63, 3.8) is 0 Å². The Morgan fingerprint density at radius 1 is 0.930 bits per heavy atom. The van der Waals surface area contributed by atoms with Crippen molar-refractivity contribution in [3.05, 3.63) is 144 Å². The highest BCUT2D eigenvalue weighted by atomic mass is 32.1. The van der Waals surface area contributed by atoms with Gasteiger partial charge in [0.1, 0.15) is 5.75 Å². The van der Waals surface area contributed by atoms with Crippen molar-refractivity contribution in [1.29, 1.82) is 0 Å². The first-order chi connectivity index (χ1) is 21.0. The topological polar surface area (TPSA) is 71.4 Å². The number of carbonyl (C=O) groups is 1. The zero-order valence-electron chi connectivity index (χ0n) is 24.1. The maximum Gasteiger partial charge on any atom is 0.262 e. The lowest BCUT2D eigenvalue weighted by Gasteiger charge is -2.28. The highest BCUT2D eigenvalue weighted by Crippen LogP contribution is 2.43. The minimum Gasteiger partial charge on any atom is -0.484 e. The lowest BCUT2D eigenvalue weighted by atomic mass is 9.96. The summed E-state index contributed by atoms with van der Waals surface area (Å²) >= 11 is 5.94. The van der Waals surface area contributed by atoms with Gasteiger partial charge in [0.25, 0.3) is 5.91 Å². The van der Waals surface area contributed by atoms with Crippen molar-refractivity contribution in [2.75, 3.05) is 16.8 Å². The summed E-state index contributed by atoms with van der Waals surface area (Å²) in [4.78, 5) is 19.4. The van der Waals surface area contributed by atoms with Gasteiger partial charge in [-0.05, 0) is 91.8 Å². The van der Waals surface area contributed by atoms with Gasteiger partial charge < -0.3 is 24.8 Å². The minimum atomic E-state index is -0.228. The number of aromatic nitrogens is 2. The fraction of sp³-hybridized carbons (Fsp3) is 0.171. The summed E-state index contributed by atoms with van der Waals surface area (Å²) in [6, 6.07) is 35.5. The highest BCUT2D eigenvalue weighted by Gasteiger charge is 2.42. The summed E-state index contributed by atoms with van der Waals surface area (Å²) in [7, 11) is 0. The Kier molecular flexibility index (Phi) is 8.20. The predicted molar refractivity (Wildman–Crippen MR) is 174 cm³/mol. The van der Waals surface area contributed by atoms with Crippen molar-refractivity contribution >= 4 is 34.6 Å². The second-order valence-corrected chi connectivity index (χ2v) is 11.0. The molecule has 0 unspecified atom stereocenters. The van der Waals surface area contributed by atoms with Crippen LogP contribution in [0.1, 0.15) is 40.3 Å². The van der Waals surface area contributed by atoms with Gasteiger partial charge in [-0.15, -0.1) is 0 Å². The van der Waals surface area contributed by atoms with Gasteiger partial charge in [0.15, 0.2) is 11.7 Å². The third kappa shape index (κ3) is 6.15. The molecule has 43 heavy (non-hydrogen) atoms. The van der Waals surface area contributed by atoms with Crippen LogP contribution in [0.25, 0.3) is 0 Å². The normalized spacial score (nSPS) is 16.1. The van der Waals surface area contributed by atoms with Crippen LogP contribution in [-0.4, -0.2) is 27.2 Å². The smallest absolute Gasteiger partial charge is 0.262 e. The number of anilines is 2. The molecule has 0 spiro atoms. The number of para-hydroxylation sites is 1. The molecule has 7 nitrogen and oxygen atoms in total. The fourth-order valence-electron chi connectivity index (χ4n) is 5.65. The maximum absolute atomic E-state index is 12.5. The van der Waals surface area contributed by atoms with E-state index in [4.69, 9.17) is 21.9 Å². The van der Waals surface area contributed by atoms with Gasteiger partial charge in [-0.2, -0.15) is 0 Å². The van der Waals surface area contributed by atoms with Crippen molar-refractivity contribution in [2.45, 2.75) is 32.5 Å². The van der Waals surface area contributed by atoms with Crippen molar-refractivity contribution < 1.29 is 9.53 Å². The predicted octanol–water partition coefficient (Wildman–Crippen LogP) is 6.74. The number of nitrogens with zero attached hydrogens (tertiary/aromatic N) is 3. The highest BCUT2D eigenvalue weighted by molar-refractivity contribution is 7.80. The molecule has 1 fully saturated rings. The van der Waals surface area contributed by atoms with E-state index in [0.29, 0.717) is 16.5 Å². The second kappa shape index (κ2) is 12.5. The summed E-state index contributed by atoms with van der Waals surface area (Å²) < 4.78 is 7.94. The number of carbonyl (C=O) groups excluding carboxylic acids is 1. The van der Waals surface area contributed by atoms with Crippen LogP contribution in [0, 0.1) is 13.8 Å². The van der Waals surface area contributed by atoms with Gasteiger partial charge in [-0.1, -0.05) is 54.6 Å². The van der Waals surface area contributed by atoms with Gasteiger partial charge in [-0.25, -0.2) is 0 Å². The van der Waals surface area contributed by atoms with Crippen LogP contribution in [0.15, 0.2) is 115 Å². The van der Waals surface area contributed by atoms with Gasteiger partial charge in [-0.3, -0.25) is 9.78 Å². The summed E-state index contributed by atoms with van der Waals surface area (Å²) in [5.74, 6) is 0.425. The number of rotatable bonds is 9. The van der Waals surface area contributed by atoms with Crippen molar-refractivity contribution in [3.8, 4) is 5.75 Å². The molecule has 5 aromatic rings. The summed E-state index contributed by atoms with van der Waals surface area (Å²) in [5.41, 5.74) is 7.34. The molecular formula is C35H33N5O2S. The summed E-state index contributed by atoms with van der Waals surface area (Å²) in [6.07, 6.45) is 1.82. The molecule has 8 heteroatoms. The molecule has 3 heterocycles. The van der Waals surface area contributed by atoms with Crippen LogP contribution in [0.4, 0.5) is 11.4 Å². The zero-order chi connectivity index (χ0) is 29.8. The lowest BCUT2D eigenvalue weighted by Crippen LogP contribution is -2.29. The van der Waals surface area contributed by atoms with Crippen LogP contribution >= 0.6 is 12.2 Å². The molecule has 6 rings (SSSR count). The molecule has 2 aromatic heterocycles. The average molecular weight is 588 g/mol. The molecular weight excluding hydrogens is 554 g/mol. The molecule has 216 valence electrons. The lowest BCUT2D eigenvalue weighted by molar-refractivity contribution is -0.118. The Hall–Kier alpha value is -4.95. The molecule has 1 amide bonds. The first kappa shape index (κ1) is 28.2. The fourth-order valence-corrected chi connectivity index (χ4v) is 6.00. The van der Waals surface area contributed by atoms with E-state index in [1.807, 2.05) is 85.1 Å². The summed E-state index contributed by atoms with van der Waals surface area (Å²) in [6.45, 7) is 5.05. The SMILES string of the molecule is Cc1cc([C@@H]2[C@H](c3ccccn3)NC(=S)N2c2ccc(NC(=O)COc3ccccc3)cc2)c(C)n1Cc1ccccc1. The van der Waals surface area contributed by atoms with Crippen molar-refractivity contribution in [1.82, 2.24) is 14.9 Å². The van der Waals surface area contributed by atoms with Gasteiger partial charge in [0.05, 0.1) is 17.8 Å². The Labute approximate surface area is 257 Å². The number of benzene rings is 3. The molecule has 2 N–H and O–H groups in total.